The number of hydrogen-bond acceptors (Lipinski definition) is 3. The first-order valence-electron chi connectivity index (χ1n) is 6.44. The number of anilines is 1. The number of amides is 1. The Bertz CT molecular complexity index is 492. The third-order valence-corrected chi connectivity index (χ3v) is 4.10. The molecule has 19 heavy (non-hydrogen) atoms. The highest BCUT2D eigenvalue weighted by Crippen LogP contribution is 2.36. The summed E-state index contributed by atoms with van der Waals surface area (Å²) >= 11 is 6.33. The first kappa shape index (κ1) is 14.2. The number of nitrogens with zero attached hydrogens (tertiary/aromatic N) is 1. The first-order chi connectivity index (χ1) is 8.96. The van der Waals surface area contributed by atoms with Crippen molar-refractivity contribution in [3.63, 3.8) is 0 Å². The Morgan fingerprint density at radius 2 is 2.32 bits per heavy atom. The van der Waals surface area contributed by atoms with Crippen LogP contribution in [0.5, 0.6) is 0 Å². The van der Waals surface area contributed by atoms with Gasteiger partial charge in [-0.1, -0.05) is 17.7 Å². The van der Waals surface area contributed by atoms with Crippen molar-refractivity contribution in [2.45, 2.75) is 19.9 Å². The monoisotopic (exact) mass is 281 g/mol. The molecule has 1 aliphatic heterocycles. The molecule has 1 aromatic carbocycles. The second-order valence-corrected chi connectivity index (χ2v) is 5.82. The van der Waals surface area contributed by atoms with E-state index in [1.807, 2.05) is 26.1 Å². The SMILES string of the molecule is CNCc1ccc(N2CCC(C)(C(N)=O)C2)c(Cl)c1. The highest BCUT2D eigenvalue weighted by atomic mass is 35.5. The van der Waals surface area contributed by atoms with E-state index in [4.69, 9.17) is 17.3 Å². The Morgan fingerprint density at radius 1 is 1.58 bits per heavy atom. The quantitative estimate of drug-likeness (QED) is 0.884. The number of rotatable bonds is 4. The lowest BCUT2D eigenvalue weighted by Gasteiger charge is -2.23. The van der Waals surface area contributed by atoms with E-state index >= 15 is 0 Å². The lowest BCUT2D eigenvalue weighted by atomic mass is 9.89. The third-order valence-electron chi connectivity index (χ3n) is 3.80. The van der Waals surface area contributed by atoms with E-state index in [1.165, 1.54) is 0 Å². The van der Waals surface area contributed by atoms with Gasteiger partial charge in [-0.15, -0.1) is 0 Å². The Hall–Kier alpha value is -1.26. The van der Waals surface area contributed by atoms with Crippen LogP contribution in [-0.4, -0.2) is 26.0 Å². The van der Waals surface area contributed by atoms with Crippen LogP contribution in [0.15, 0.2) is 18.2 Å². The van der Waals surface area contributed by atoms with Gasteiger partial charge in [0.15, 0.2) is 0 Å². The van der Waals surface area contributed by atoms with Gasteiger partial charge in [0.1, 0.15) is 0 Å². The van der Waals surface area contributed by atoms with Gasteiger partial charge in [-0.3, -0.25) is 4.79 Å². The molecule has 0 bridgehead atoms. The van der Waals surface area contributed by atoms with Crippen LogP contribution in [0.25, 0.3) is 0 Å². The van der Waals surface area contributed by atoms with E-state index < -0.39 is 5.41 Å². The fourth-order valence-electron chi connectivity index (χ4n) is 2.49. The summed E-state index contributed by atoms with van der Waals surface area (Å²) in [5.74, 6) is -0.238. The van der Waals surface area contributed by atoms with Gasteiger partial charge in [0.05, 0.1) is 16.1 Å². The molecule has 1 aromatic rings. The maximum absolute atomic E-state index is 11.5. The van der Waals surface area contributed by atoms with Gasteiger partial charge in [0.2, 0.25) is 5.91 Å². The Kier molecular flexibility index (Phi) is 4.02. The van der Waals surface area contributed by atoms with E-state index in [0.29, 0.717) is 6.54 Å². The van der Waals surface area contributed by atoms with Crippen LogP contribution in [0.4, 0.5) is 5.69 Å². The zero-order valence-corrected chi connectivity index (χ0v) is 12.1. The molecule has 4 nitrogen and oxygen atoms in total. The fourth-order valence-corrected chi connectivity index (χ4v) is 2.81. The second-order valence-electron chi connectivity index (χ2n) is 5.41. The van der Waals surface area contributed by atoms with E-state index in [-0.39, 0.29) is 5.91 Å². The minimum Gasteiger partial charge on any atom is -0.369 e. The van der Waals surface area contributed by atoms with Crippen LogP contribution in [0.2, 0.25) is 5.02 Å². The lowest BCUT2D eigenvalue weighted by Crippen LogP contribution is -2.37. The topological polar surface area (TPSA) is 58.4 Å². The molecule has 5 heteroatoms. The van der Waals surface area contributed by atoms with Gasteiger partial charge in [0, 0.05) is 19.6 Å². The van der Waals surface area contributed by atoms with Crippen LogP contribution < -0.4 is 16.0 Å². The number of carbonyl (C=O) groups excluding carboxylic acids is 1. The van der Waals surface area contributed by atoms with Gasteiger partial charge < -0.3 is 16.0 Å². The van der Waals surface area contributed by atoms with Crippen LogP contribution in [0.3, 0.4) is 0 Å². The lowest BCUT2D eigenvalue weighted by molar-refractivity contribution is -0.125. The summed E-state index contributed by atoms with van der Waals surface area (Å²) in [6.07, 6.45) is 0.775. The zero-order chi connectivity index (χ0) is 14.0. The van der Waals surface area contributed by atoms with Gasteiger partial charge >= 0.3 is 0 Å². The predicted octanol–water partition coefficient (Wildman–Crippen LogP) is 1.76. The molecule has 1 heterocycles. The van der Waals surface area contributed by atoms with Gasteiger partial charge in [-0.05, 0) is 38.1 Å². The molecule has 2 rings (SSSR count). The van der Waals surface area contributed by atoms with Crippen molar-refractivity contribution in [1.82, 2.24) is 5.32 Å². The molecule has 1 amide bonds. The number of nitrogens with two attached hydrogens (primary N) is 1. The molecule has 1 fully saturated rings. The van der Waals surface area contributed by atoms with Crippen molar-refractivity contribution < 1.29 is 4.79 Å². The van der Waals surface area contributed by atoms with Crippen LogP contribution in [0, 0.1) is 5.41 Å². The third kappa shape index (κ3) is 2.85. The van der Waals surface area contributed by atoms with Crippen molar-refractivity contribution >= 4 is 23.2 Å². The van der Waals surface area contributed by atoms with Gasteiger partial charge in [0.25, 0.3) is 0 Å². The molecular formula is C14H20ClN3O. The summed E-state index contributed by atoms with van der Waals surface area (Å²) in [4.78, 5) is 13.6. The van der Waals surface area contributed by atoms with Crippen molar-refractivity contribution in [2.75, 3.05) is 25.0 Å². The second kappa shape index (κ2) is 5.39. The first-order valence-corrected chi connectivity index (χ1v) is 6.82. The standard InChI is InChI=1S/C14H20ClN3O/c1-14(13(16)19)5-6-18(9-14)12-4-3-10(8-17-2)7-11(12)15/h3-4,7,17H,5-6,8-9H2,1-2H3,(H2,16,19). The fraction of sp³-hybridized carbons (Fsp3) is 0.500. The summed E-state index contributed by atoms with van der Waals surface area (Å²) in [6, 6.07) is 6.03. The van der Waals surface area contributed by atoms with Crippen LogP contribution in [-0.2, 0) is 11.3 Å². The predicted molar refractivity (Wildman–Crippen MR) is 78.3 cm³/mol. The molecule has 1 aliphatic rings. The summed E-state index contributed by atoms with van der Waals surface area (Å²) in [6.45, 7) is 4.15. The van der Waals surface area contributed by atoms with Crippen LogP contribution in [0.1, 0.15) is 18.9 Å². The van der Waals surface area contributed by atoms with Crippen LogP contribution >= 0.6 is 11.6 Å². The largest absolute Gasteiger partial charge is 0.369 e. The Labute approximate surface area is 118 Å². The molecule has 0 saturated carbocycles. The molecule has 1 unspecified atom stereocenters. The summed E-state index contributed by atoms with van der Waals surface area (Å²) in [5, 5.41) is 3.82. The van der Waals surface area contributed by atoms with Crippen molar-refractivity contribution in [3.05, 3.63) is 28.8 Å². The highest BCUT2D eigenvalue weighted by molar-refractivity contribution is 6.33. The van der Waals surface area contributed by atoms with E-state index in [1.54, 1.807) is 0 Å². The number of primary amides is 1. The van der Waals surface area contributed by atoms with E-state index in [2.05, 4.69) is 16.3 Å². The van der Waals surface area contributed by atoms with Gasteiger partial charge in [-0.2, -0.15) is 0 Å². The molecule has 1 atom stereocenters. The van der Waals surface area contributed by atoms with Crippen molar-refractivity contribution in [3.8, 4) is 0 Å². The number of benzene rings is 1. The van der Waals surface area contributed by atoms with Crippen molar-refractivity contribution in [2.24, 2.45) is 11.1 Å². The van der Waals surface area contributed by atoms with Gasteiger partial charge in [-0.25, -0.2) is 0 Å². The van der Waals surface area contributed by atoms with Crippen molar-refractivity contribution in [1.29, 1.82) is 0 Å². The molecule has 104 valence electrons. The number of halogens is 1. The number of hydrogen-bond donors (Lipinski definition) is 2. The average Bonchev–Trinajstić information content (AvgIpc) is 2.74. The molecular weight excluding hydrogens is 262 g/mol. The molecule has 0 radical (unpaired) electrons. The molecule has 3 N–H and O–H groups in total. The molecule has 0 spiro atoms. The normalized spacial score (nSPS) is 22.8. The highest BCUT2D eigenvalue weighted by Gasteiger charge is 2.39. The Balaban J connectivity index is 2.18. The Morgan fingerprint density at radius 3 is 2.84 bits per heavy atom. The number of carbonyl (C=O) groups is 1. The maximum Gasteiger partial charge on any atom is 0.225 e. The minimum absolute atomic E-state index is 0.238. The zero-order valence-electron chi connectivity index (χ0n) is 11.4. The number of nitrogens with one attached hydrogen (secondary N) is 1. The summed E-state index contributed by atoms with van der Waals surface area (Å²) in [5.41, 5.74) is 7.14. The smallest absolute Gasteiger partial charge is 0.225 e. The maximum atomic E-state index is 11.5. The minimum atomic E-state index is -0.451. The molecule has 1 saturated heterocycles. The molecule has 0 aliphatic carbocycles. The summed E-state index contributed by atoms with van der Waals surface area (Å²) < 4.78 is 0. The molecule has 0 aromatic heterocycles. The summed E-state index contributed by atoms with van der Waals surface area (Å²) in [7, 11) is 1.90. The van der Waals surface area contributed by atoms with E-state index in [0.717, 1.165) is 35.8 Å². The van der Waals surface area contributed by atoms with E-state index in [9.17, 15) is 4.79 Å². The average molecular weight is 282 g/mol.